The average molecular weight is 355 g/mol. The van der Waals surface area contributed by atoms with Gasteiger partial charge in [0.15, 0.2) is 11.5 Å². The van der Waals surface area contributed by atoms with E-state index in [1.54, 1.807) is 11.9 Å². The molecule has 3 aliphatic rings. The van der Waals surface area contributed by atoms with E-state index in [1.807, 2.05) is 19.1 Å². The van der Waals surface area contributed by atoms with Crippen LogP contribution in [0.5, 0.6) is 11.5 Å². The molecule has 7 nitrogen and oxygen atoms in total. The van der Waals surface area contributed by atoms with Crippen LogP contribution in [-0.2, 0) is 4.74 Å². The van der Waals surface area contributed by atoms with Crippen molar-refractivity contribution in [1.82, 2.24) is 9.88 Å². The first kappa shape index (κ1) is 15.5. The summed E-state index contributed by atoms with van der Waals surface area (Å²) in [5.41, 5.74) is 2.52. The molecule has 0 unspecified atom stereocenters. The van der Waals surface area contributed by atoms with Crippen LogP contribution < -0.4 is 14.4 Å². The SMILES string of the molecule is Cc1cc(N2CCC[C@]3(CN(C)C(=O)O3)C2)c2cc3c(cc2n1)OCO3. The summed E-state index contributed by atoms with van der Waals surface area (Å²) in [7, 11) is 1.79. The monoisotopic (exact) mass is 355 g/mol. The maximum atomic E-state index is 11.9. The van der Waals surface area contributed by atoms with E-state index in [0.717, 1.165) is 53.2 Å². The molecule has 2 fully saturated rings. The molecule has 1 atom stereocenters. The number of carbonyl (C=O) groups is 1. The van der Waals surface area contributed by atoms with Crippen LogP contribution in [0.3, 0.4) is 0 Å². The van der Waals surface area contributed by atoms with Gasteiger partial charge in [-0.3, -0.25) is 4.98 Å². The Balaban J connectivity index is 1.57. The summed E-state index contributed by atoms with van der Waals surface area (Å²) < 4.78 is 16.8. The Bertz CT molecular complexity index is 915. The molecule has 2 saturated heterocycles. The fourth-order valence-electron chi connectivity index (χ4n) is 4.30. The Kier molecular flexibility index (Phi) is 3.23. The molecule has 4 heterocycles. The molecule has 0 aliphatic carbocycles. The van der Waals surface area contributed by atoms with Crippen LogP contribution >= 0.6 is 0 Å². The molecule has 5 rings (SSSR count). The van der Waals surface area contributed by atoms with Gasteiger partial charge in [-0.15, -0.1) is 0 Å². The quantitative estimate of drug-likeness (QED) is 0.784. The first-order chi connectivity index (χ1) is 12.5. The number of pyridine rings is 1. The fraction of sp³-hybridized carbons (Fsp3) is 0.474. The molecule has 26 heavy (non-hydrogen) atoms. The normalized spacial score (nSPS) is 24.6. The largest absolute Gasteiger partial charge is 0.454 e. The molecular formula is C19H21N3O4. The number of benzene rings is 1. The van der Waals surface area contributed by atoms with E-state index in [1.165, 1.54) is 0 Å². The fourth-order valence-corrected chi connectivity index (χ4v) is 4.30. The zero-order chi connectivity index (χ0) is 17.9. The van der Waals surface area contributed by atoms with E-state index in [2.05, 4.69) is 16.0 Å². The van der Waals surface area contributed by atoms with E-state index >= 15 is 0 Å². The third-order valence-corrected chi connectivity index (χ3v) is 5.43. The molecule has 1 aromatic heterocycles. The Hall–Kier alpha value is -2.70. The van der Waals surface area contributed by atoms with Gasteiger partial charge in [0, 0.05) is 36.4 Å². The lowest BCUT2D eigenvalue weighted by atomic mass is 9.92. The molecule has 136 valence electrons. The third kappa shape index (κ3) is 2.34. The molecule has 0 radical (unpaired) electrons. The van der Waals surface area contributed by atoms with Gasteiger partial charge in [-0.1, -0.05) is 0 Å². The van der Waals surface area contributed by atoms with Gasteiger partial charge in [0.2, 0.25) is 6.79 Å². The molecule has 0 saturated carbocycles. The number of aryl methyl sites for hydroxylation is 1. The number of nitrogens with zero attached hydrogens (tertiary/aromatic N) is 3. The Labute approximate surface area is 151 Å². The second-order valence-electron chi connectivity index (χ2n) is 7.44. The highest BCUT2D eigenvalue weighted by Gasteiger charge is 2.46. The van der Waals surface area contributed by atoms with E-state index < -0.39 is 5.60 Å². The van der Waals surface area contributed by atoms with Crippen LogP contribution in [0.4, 0.5) is 10.5 Å². The second kappa shape index (κ2) is 5.40. The number of carbonyl (C=O) groups excluding carboxylic acids is 1. The van der Waals surface area contributed by atoms with Gasteiger partial charge in [-0.05, 0) is 31.9 Å². The van der Waals surface area contributed by atoms with Crippen LogP contribution in [0.1, 0.15) is 18.5 Å². The second-order valence-corrected chi connectivity index (χ2v) is 7.44. The molecule has 1 aromatic carbocycles. The van der Waals surface area contributed by atoms with Gasteiger partial charge in [-0.25, -0.2) is 4.79 Å². The number of hydrogen-bond acceptors (Lipinski definition) is 6. The molecule has 0 bridgehead atoms. The molecular weight excluding hydrogens is 334 g/mol. The summed E-state index contributed by atoms with van der Waals surface area (Å²) in [6, 6.07) is 6.05. The van der Waals surface area contributed by atoms with Crippen molar-refractivity contribution in [2.24, 2.45) is 0 Å². The van der Waals surface area contributed by atoms with Crippen molar-refractivity contribution in [1.29, 1.82) is 0 Å². The van der Waals surface area contributed by atoms with Gasteiger partial charge in [0.05, 0.1) is 18.6 Å². The van der Waals surface area contributed by atoms with Crippen LogP contribution in [0.15, 0.2) is 18.2 Å². The number of fused-ring (bicyclic) bond motifs is 2. The van der Waals surface area contributed by atoms with E-state index in [0.29, 0.717) is 13.1 Å². The number of hydrogen-bond donors (Lipinski definition) is 0. The maximum absolute atomic E-state index is 11.9. The van der Waals surface area contributed by atoms with E-state index in [-0.39, 0.29) is 12.9 Å². The lowest BCUT2D eigenvalue weighted by Gasteiger charge is -2.40. The minimum Gasteiger partial charge on any atom is -0.454 e. The lowest BCUT2D eigenvalue weighted by Crippen LogP contribution is -2.50. The highest BCUT2D eigenvalue weighted by Crippen LogP contribution is 2.41. The standard InChI is InChI=1S/C19H21N3O4/c1-12-6-15(13-7-16-17(25-11-24-16)8-14(13)20-12)22-5-3-4-19(10-22)9-21(2)18(23)26-19/h6-8H,3-5,9-11H2,1-2H3/t19-/m0/s1. The third-order valence-electron chi connectivity index (χ3n) is 5.43. The van der Waals surface area contributed by atoms with Crippen molar-refractivity contribution in [3.63, 3.8) is 0 Å². The van der Waals surface area contributed by atoms with Crippen LogP contribution in [0.25, 0.3) is 10.9 Å². The number of ether oxygens (including phenoxy) is 3. The molecule has 1 spiro atoms. The summed E-state index contributed by atoms with van der Waals surface area (Å²) in [5.74, 6) is 1.49. The van der Waals surface area contributed by atoms with Crippen LogP contribution in [0, 0.1) is 6.92 Å². The van der Waals surface area contributed by atoms with E-state index in [4.69, 9.17) is 14.2 Å². The zero-order valence-electron chi connectivity index (χ0n) is 14.9. The minimum atomic E-state index is -0.427. The van der Waals surface area contributed by atoms with Crippen molar-refractivity contribution in [2.45, 2.75) is 25.4 Å². The van der Waals surface area contributed by atoms with Gasteiger partial charge in [0.1, 0.15) is 5.60 Å². The summed E-state index contributed by atoms with van der Waals surface area (Å²) in [4.78, 5) is 20.6. The number of anilines is 1. The molecule has 3 aliphatic heterocycles. The number of aromatic nitrogens is 1. The van der Waals surface area contributed by atoms with Crippen molar-refractivity contribution in [3.8, 4) is 11.5 Å². The lowest BCUT2D eigenvalue weighted by molar-refractivity contribution is 0.0448. The molecule has 0 N–H and O–H groups in total. The molecule has 1 amide bonds. The Morgan fingerprint density at radius 3 is 2.73 bits per heavy atom. The topological polar surface area (TPSA) is 64.1 Å². The number of amides is 1. The summed E-state index contributed by atoms with van der Waals surface area (Å²) >= 11 is 0. The van der Waals surface area contributed by atoms with Crippen LogP contribution in [0.2, 0.25) is 0 Å². The van der Waals surface area contributed by atoms with Crippen molar-refractivity contribution in [3.05, 3.63) is 23.9 Å². The molecule has 2 aromatic rings. The number of rotatable bonds is 1. The van der Waals surface area contributed by atoms with Gasteiger partial charge >= 0.3 is 6.09 Å². The maximum Gasteiger partial charge on any atom is 0.410 e. The predicted octanol–water partition coefficient (Wildman–Crippen LogP) is 2.69. The zero-order valence-corrected chi connectivity index (χ0v) is 14.9. The first-order valence-electron chi connectivity index (χ1n) is 8.93. The number of likely N-dealkylation sites (N-methyl/N-ethyl adjacent to an activating group) is 1. The van der Waals surface area contributed by atoms with Crippen LogP contribution in [-0.4, -0.2) is 55.1 Å². The highest BCUT2D eigenvalue weighted by molar-refractivity contribution is 5.94. The average Bonchev–Trinajstić information content (AvgIpc) is 3.16. The van der Waals surface area contributed by atoms with Gasteiger partial charge in [-0.2, -0.15) is 0 Å². The van der Waals surface area contributed by atoms with Crippen molar-refractivity contribution >= 4 is 22.7 Å². The van der Waals surface area contributed by atoms with Crippen molar-refractivity contribution < 1.29 is 19.0 Å². The highest BCUT2D eigenvalue weighted by atomic mass is 16.7. The number of piperidine rings is 1. The first-order valence-corrected chi connectivity index (χ1v) is 8.93. The van der Waals surface area contributed by atoms with Gasteiger partial charge in [0.25, 0.3) is 0 Å². The summed E-state index contributed by atoms with van der Waals surface area (Å²) in [6.07, 6.45) is 1.65. The minimum absolute atomic E-state index is 0.231. The smallest absolute Gasteiger partial charge is 0.410 e. The predicted molar refractivity (Wildman–Crippen MR) is 95.9 cm³/mol. The van der Waals surface area contributed by atoms with Gasteiger partial charge < -0.3 is 24.0 Å². The molecule has 7 heteroatoms. The Morgan fingerprint density at radius 2 is 1.96 bits per heavy atom. The van der Waals surface area contributed by atoms with E-state index in [9.17, 15) is 4.79 Å². The summed E-state index contributed by atoms with van der Waals surface area (Å²) in [5, 5.41) is 1.04. The Morgan fingerprint density at radius 1 is 1.15 bits per heavy atom. The summed E-state index contributed by atoms with van der Waals surface area (Å²) in [6.45, 7) is 4.49. The van der Waals surface area contributed by atoms with Crippen molar-refractivity contribution in [2.75, 3.05) is 38.4 Å².